The average Bonchev–Trinajstić information content (AvgIpc) is 1.77. The number of Topliss-reactive ketones (excluding diaryl/α,β-unsaturated/α-hetero) is 2. The third kappa shape index (κ3) is 29.0. The number of hydrogen-bond donors (Lipinski definition) is 12. The minimum Gasteiger partial charge on any atom is -0.508 e. The molecule has 26 nitrogen and oxygen atoms in total. The van der Waals surface area contributed by atoms with Gasteiger partial charge in [0.25, 0.3) is 0 Å². The van der Waals surface area contributed by atoms with E-state index in [-0.39, 0.29) is 73.2 Å². The Balaban J connectivity index is 0.000000787. The zero-order chi connectivity index (χ0) is 74.1. The molecule has 13 N–H and O–H groups in total. The number of hydrogen-bond acceptors (Lipinski definition) is 16. The Bertz CT molecular complexity index is 3340. The molecule has 0 spiro atoms. The SMILES string of the molecule is CC[C@H]1CCCCN(C)CCCCC(CC(C)=O)C1=O.CC[C@H]1CCCCN(C)CCCCN(CC(=O)N[C@@H](Cc2ccc(O)cc2)C(=O)O)C(=O)[C@H](CC(C)C)NC(=O)C(Cc2ccc(O)cc2)NC(=O)[C@H](CCC(N)=O)NC(=O)C(CO)NC(=O)[C@H](Cc2c[nH]c3ccccc23)NC1=O. The number of nitrogens with one attached hydrogen (secondary N) is 7. The molecule has 3 unspecified atom stereocenters. The molecule has 556 valence electrons. The Kier molecular flexibility index (Phi) is 35.4. The zero-order valence-electron chi connectivity index (χ0n) is 60.1. The van der Waals surface area contributed by atoms with Crippen molar-refractivity contribution >= 4 is 75.7 Å². The molecule has 0 radical (unpaired) electrons. The maximum atomic E-state index is 14.9. The van der Waals surface area contributed by atoms with Crippen LogP contribution in [0.5, 0.6) is 11.5 Å². The highest BCUT2D eigenvalue weighted by Crippen LogP contribution is 2.26. The molecule has 9 atom stereocenters. The van der Waals surface area contributed by atoms with Crippen molar-refractivity contribution in [3.63, 3.8) is 0 Å². The van der Waals surface area contributed by atoms with Crippen molar-refractivity contribution in [1.29, 1.82) is 0 Å². The van der Waals surface area contributed by atoms with Crippen molar-refractivity contribution in [2.75, 3.05) is 60.0 Å². The normalized spacial score (nSPS) is 22.9. The fraction of sp³-hybridized carbons (Fsp3) is 0.587. The van der Waals surface area contributed by atoms with Crippen molar-refractivity contribution in [2.45, 2.75) is 199 Å². The lowest BCUT2D eigenvalue weighted by atomic mass is 9.82. The second kappa shape index (κ2) is 43.1. The Labute approximate surface area is 593 Å². The molecular formula is C75H111N11O15. The quantitative estimate of drug-likeness (QED) is 0.0546. The smallest absolute Gasteiger partial charge is 0.326 e. The number of benzene rings is 3. The number of nitrogens with two attached hydrogens (primary N) is 1. The number of ketones is 2. The fourth-order valence-electron chi connectivity index (χ4n) is 12.9. The number of aromatic hydroxyl groups is 2. The molecule has 2 aliphatic heterocycles. The summed E-state index contributed by atoms with van der Waals surface area (Å²) in [5.41, 5.74) is 7.96. The topological polar surface area (TPSA) is 392 Å². The number of H-pyrrole nitrogens is 1. The maximum absolute atomic E-state index is 14.9. The first-order chi connectivity index (χ1) is 48.2. The highest BCUT2D eigenvalue weighted by atomic mass is 16.4. The minimum atomic E-state index is -1.69. The number of carbonyl (C=O) groups excluding carboxylic acids is 10. The molecule has 2 fully saturated rings. The lowest BCUT2D eigenvalue weighted by Gasteiger charge is -2.31. The van der Waals surface area contributed by atoms with Crippen LogP contribution in [0.25, 0.3) is 10.9 Å². The summed E-state index contributed by atoms with van der Waals surface area (Å²) in [5.74, 6) is -7.91. The number of primary amides is 1. The van der Waals surface area contributed by atoms with E-state index in [1.165, 1.54) is 59.9 Å². The average molecular weight is 1410 g/mol. The van der Waals surface area contributed by atoms with Gasteiger partial charge in [0.15, 0.2) is 0 Å². The number of carboxylic acid groups (broad SMARTS) is 1. The highest BCUT2D eigenvalue weighted by Gasteiger charge is 2.36. The minimum absolute atomic E-state index is 0.00143. The van der Waals surface area contributed by atoms with Gasteiger partial charge in [0, 0.05) is 73.5 Å². The van der Waals surface area contributed by atoms with Crippen LogP contribution in [-0.4, -0.2) is 201 Å². The van der Waals surface area contributed by atoms with E-state index in [9.17, 15) is 73.2 Å². The summed E-state index contributed by atoms with van der Waals surface area (Å²) in [6.45, 7) is 11.2. The molecule has 1 aromatic heterocycles. The molecule has 101 heavy (non-hydrogen) atoms. The third-order valence-corrected chi connectivity index (χ3v) is 18.8. The van der Waals surface area contributed by atoms with Gasteiger partial charge in [-0.2, -0.15) is 0 Å². The number of aromatic nitrogens is 1. The van der Waals surface area contributed by atoms with Gasteiger partial charge >= 0.3 is 5.97 Å². The molecule has 2 aliphatic rings. The Hall–Kier alpha value is -8.75. The molecule has 8 amide bonds. The van der Waals surface area contributed by atoms with Gasteiger partial charge in [0.1, 0.15) is 59.3 Å². The van der Waals surface area contributed by atoms with Crippen molar-refractivity contribution in [2.24, 2.45) is 29.4 Å². The van der Waals surface area contributed by atoms with Crippen LogP contribution in [-0.2, 0) is 72.0 Å². The summed E-state index contributed by atoms with van der Waals surface area (Å²) < 4.78 is 0. The predicted octanol–water partition coefficient (Wildman–Crippen LogP) is 5.12. The number of nitrogens with zero attached hydrogens (tertiary/aromatic N) is 3. The molecule has 2 saturated heterocycles. The van der Waals surface area contributed by atoms with Gasteiger partial charge in [-0.05, 0) is 177 Å². The number of para-hydroxylation sites is 1. The van der Waals surface area contributed by atoms with E-state index < -0.39 is 115 Å². The summed E-state index contributed by atoms with van der Waals surface area (Å²) in [6, 6.07) is 10.2. The number of phenolic OH excluding ortho intramolecular Hbond substituents is 2. The van der Waals surface area contributed by atoms with Gasteiger partial charge in [-0.15, -0.1) is 0 Å². The number of aliphatic carboxylic acids is 1. The van der Waals surface area contributed by atoms with Crippen LogP contribution in [0.3, 0.4) is 0 Å². The van der Waals surface area contributed by atoms with E-state index >= 15 is 0 Å². The number of rotatable bonds is 20. The van der Waals surface area contributed by atoms with Crippen LogP contribution in [0.2, 0.25) is 0 Å². The molecule has 3 aromatic carbocycles. The first kappa shape index (κ1) is 82.9. The molecule has 3 heterocycles. The molecular weight excluding hydrogens is 1290 g/mol. The van der Waals surface area contributed by atoms with Crippen LogP contribution in [0.4, 0.5) is 0 Å². The van der Waals surface area contributed by atoms with E-state index in [1.807, 2.05) is 52.1 Å². The molecule has 0 aliphatic carbocycles. The first-order valence-corrected chi connectivity index (χ1v) is 35.9. The van der Waals surface area contributed by atoms with Crippen LogP contribution in [0.1, 0.15) is 160 Å². The molecule has 26 heteroatoms. The molecule has 0 saturated carbocycles. The highest BCUT2D eigenvalue weighted by molar-refractivity contribution is 5.98. The van der Waals surface area contributed by atoms with Gasteiger partial charge in [-0.25, -0.2) is 4.79 Å². The number of carboxylic acids is 1. The van der Waals surface area contributed by atoms with Gasteiger partial charge in [0.05, 0.1) is 13.2 Å². The monoisotopic (exact) mass is 1410 g/mol. The van der Waals surface area contributed by atoms with E-state index in [4.69, 9.17) is 5.73 Å². The number of aliphatic hydroxyl groups is 1. The van der Waals surface area contributed by atoms with E-state index in [1.54, 1.807) is 13.1 Å². The number of phenols is 2. The van der Waals surface area contributed by atoms with Gasteiger partial charge in [-0.1, -0.05) is 89.4 Å². The summed E-state index contributed by atoms with van der Waals surface area (Å²) in [5, 5.41) is 57.2. The van der Waals surface area contributed by atoms with Gasteiger partial charge in [-0.3, -0.25) is 43.2 Å². The summed E-state index contributed by atoms with van der Waals surface area (Å²) in [6.07, 6.45) is 11.6. The van der Waals surface area contributed by atoms with E-state index in [0.717, 1.165) is 62.5 Å². The zero-order valence-corrected chi connectivity index (χ0v) is 60.1. The maximum Gasteiger partial charge on any atom is 0.326 e. The summed E-state index contributed by atoms with van der Waals surface area (Å²) in [4.78, 5) is 158. The third-order valence-electron chi connectivity index (χ3n) is 18.8. The molecule has 6 rings (SSSR count). The van der Waals surface area contributed by atoms with Crippen LogP contribution >= 0.6 is 0 Å². The number of amides is 8. The second-order valence-corrected chi connectivity index (χ2v) is 27.7. The number of aromatic amines is 1. The Morgan fingerprint density at radius 1 is 0.594 bits per heavy atom. The van der Waals surface area contributed by atoms with Crippen molar-refractivity contribution in [3.8, 4) is 11.5 Å². The van der Waals surface area contributed by atoms with Crippen molar-refractivity contribution in [3.05, 3.63) is 95.7 Å². The predicted molar refractivity (Wildman–Crippen MR) is 384 cm³/mol. The van der Waals surface area contributed by atoms with Crippen LogP contribution in [0, 0.1) is 23.7 Å². The fourth-order valence-corrected chi connectivity index (χ4v) is 12.9. The Morgan fingerprint density at radius 3 is 1.63 bits per heavy atom. The largest absolute Gasteiger partial charge is 0.508 e. The number of aliphatic hydroxyl groups excluding tert-OH is 1. The molecule has 4 aromatic rings. The second-order valence-electron chi connectivity index (χ2n) is 27.7. The first-order valence-electron chi connectivity index (χ1n) is 35.9. The van der Waals surface area contributed by atoms with Crippen molar-refractivity contribution in [1.82, 2.24) is 51.6 Å². The molecule has 0 bridgehead atoms. The van der Waals surface area contributed by atoms with Crippen LogP contribution < -0.4 is 37.6 Å². The van der Waals surface area contributed by atoms with Gasteiger partial charge < -0.3 is 82.5 Å². The van der Waals surface area contributed by atoms with Crippen molar-refractivity contribution < 1.29 is 73.2 Å². The number of carbonyl (C=O) groups is 11. The summed E-state index contributed by atoms with van der Waals surface area (Å²) in [7, 11) is 4.12. The lowest BCUT2D eigenvalue weighted by Crippen LogP contribution is -2.60. The van der Waals surface area contributed by atoms with Gasteiger partial charge in [0.2, 0.25) is 47.3 Å². The van der Waals surface area contributed by atoms with E-state index in [2.05, 4.69) is 60.7 Å². The Morgan fingerprint density at radius 2 is 1.08 bits per heavy atom. The summed E-state index contributed by atoms with van der Waals surface area (Å²) >= 11 is 0. The van der Waals surface area contributed by atoms with E-state index in [0.29, 0.717) is 80.5 Å². The van der Waals surface area contributed by atoms with Crippen LogP contribution in [0.15, 0.2) is 79.0 Å². The standard InChI is InChI=1S/C58H80N10O13.C17H31NO2/c1-5-38-12-8-9-25-67(4)26-10-11-27-68(33-51(73)61-48(58(80)81)30-37-17-21-41(71)22-18-37)57(79)47(28-35(2)3)65-54(76)45(29-36-15-19-40(70)20-16-36)64-53(75)44(23-24-50(59)72)62-56(78)49(34-69)66-55(77)46(63-52(38)74)31-39-32-60-43-14-7-6-13-42(39)43;1-4-15-9-5-7-11-18(3)12-8-6-10-16(17(15)20)13-14(2)19/h6-7,13-22,32,35,38,44-49,60,69-71H,5,8-12,23-31,33-34H2,1-4H3,(H2,59,72)(H,61,73)(H,62,78)(H,63,74)(H,64,75)(H,65,76)(H,66,77)(H,80,81);15-16H,4-13H2,1-3H3/t38-,44-,45?,46-,47-,48-,49?;15-,16?/m00/s1. The number of fused-ring (bicyclic) bond motifs is 1. The lowest BCUT2D eigenvalue weighted by molar-refractivity contribution is -0.143.